The third-order valence-corrected chi connectivity index (χ3v) is 8.60. The van der Waals surface area contributed by atoms with Gasteiger partial charge in [-0.2, -0.15) is 0 Å². The fourth-order valence-electron chi connectivity index (χ4n) is 6.95. The number of ether oxygens (including phenoxy) is 1. The number of Topliss-reactive ketones (excluding diaryl/α,β-unsaturated/α-hetero) is 1. The minimum absolute atomic E-state index is 0.103. The van der Waals surface area contributed by atoms with Crippen LogP contribution in [0.4, 0.5) is 0 Å². The quantitative estimate of drug-likeness (QED) is 0.547. The smallest absolute Gasteiger partial charge is 0.306 e. The van der Waals surface area contributed by atoms with Crippen LogP contribution in [0.15, 0.2) is 11.6 Å². The van der Waals surface area contributed by atoms with Gasteiger partial charge in [0.15, 0.2) is 0 Å². The second kappa shape index (κ2) is 7.00. The van der Waals surface area contributed by atoms with E-state index in [9.17, 15) is 19.5 Å². The average molecular weight is 387 g/mol. The van der Waals surface area contributed by atoms with Crippen molar-refractivity contribution in [1.29, 1.82) is 0 Å². The summed E-state index contributed by atoms with van der Waals surface area (Å²) >= 11 is 0. The average Bonchev–Trinajstić information content (AvgIpc) is 2.95. The van der Waals surface area contributed by atoms with Gasteiger partial charge in [0.2, 0.25) is 0 Å². The van der Waals surface area contributed by atoms with Crippen LogP contribution >= 0.6 is 0 Å². The van der Waals surface area contributed by atoms with Crippen LogP contribution in [0.2, 0.25) is 0 Å². The standard InChI is InChI=1S/C23H32O5/c1-22-11-9-15(28-21(27)8-7-20(25)26)13-14(22)3-4-16-17-5-6-19(24)23(17,2)12-10-18(16)22/h3,15-18H,4-13H2,1-2H3,(H,25,26)/p-1/t15-,16-,17-,18+,22-,23-/m0/s1. The van der Waals surface area contributed by atoms with Crippen LogP contribution in [0.3, 0.4) is 0 Å². The minimum atomic E-state index is -1.22. The predicted octanol–water partition coefficient (Wildman–Crippen LogP) is 2.96. The van der Waals surface area contributed by atoms with Gasteiger partial charge >= 0.3 is 5.97 Å². The van der Waals surface area contributed by atoms with Gasteiger partial charge in [0.1, 0.15) is 11.9 Å². The van der Waals surface area contributed by atoms with Crippen LogP contribution in [0, 0.1) is 28.6 Å². The number of carboxylic acids is 1. The molecule has 0 aromatic carbocycles. The van der Waals surface area contributed by atoms with E-state index in [1.54, 1.807) is 0 Å². The van der Waals surface area contributed by atoms with Gasteiger partial charge in [-0.05, 0) is 68.1 Å². The Kier molecular flexibility index (Phi) is 4.91. The first kappa shape index (κ1) is 19.7. The summed E-state index contributed by atoms with van der Waals surface area (Å²) in [4.78, 5) is 34.9. The van der Waals surface area contributed by atoms with Gasteiger partial charge in [0.25, 0.3) is 0 Å². The number of esters is 1. The maximum absolute atomic E-state index is 12.5. The predicted molar refractivity (Wildman–Crippen MR) is 101 cm³/mol. The first-order chi connectivity index (χ1) is 13.2. The second-order valence-electron chi connectivity index (χ2n) is 9.90. The Bertz CT molecular complexity index is 725. The van der Waals surface area contributed by atoms with E-state index in [2.05, 4.69) is 19.9 Å². The highest BCUT2D eigenvalue weighted by Crippen LogP contribution is 2.64. The number of carboxylic acid groups (broad SMARTS) is 1. The molecule has 3 fully saturated rings. The molecule has 0 saturated heterocycles. The molecule has 4 rings (SSSR count). The molecule has 0 bridgehead atoms. The van der Waals surface area contributed by atoms with Gasteiger partial charge in [0, 0.05) is 24.2 Å². The third-order valence-electron chi connectivity index (χ3n) is 8.60. The van der Waals surface area contributed by atoms with E-state index in [4.69, 9.17) is 4.74 Å². The molecule has 4 aliphatic rings. The molecule has 28 heavy (non-hydrogen) atoms. The summed E-state index contributed by atoms with van der Waals surface area (Å²) in [6, 6.07) is 0. The van der Waals surface area contributed by atoms with Gasteiger partial charge in [-0.15, -0.1) is 0 Å². The Hall–Kier alpha value is -1.65. The van der Waals surface area contributed by atoms with Crippen LogP contribution < -0.4 is 5.11 Å². The molecule has 0 heterocycles. The van der Waals surface area contributed by atoms with Gasteiger partial charge < -0.3 is 14.6 Å². The molecule has 0 aliphatic heterocycles. The molecule has 4 aliphatic carbocycles. The van der Waals surface area contributed by atoms with Crippen molar-refractivity contribution in [3.05, 3.63) is 11.6 Å². The SMILES string of the molecule is C[C@]12CC[C@H](OC(=O)CCC(=O)[O-])CC1=CC[C@@H]1[C@H]2CC[C@]2(C)C(=O)CC[C@@H]12. The highest BCUT2D eigenvalue weighted by atomic mass is 16.5. The minimum Gasteiger partial charge on any atom is -0.550 e. The number of rotatable bonds is 4. The fraction of sp³-hybridized carbons (Fsp3) is 0.783. The van der Waals surface area contributed by atoms with Crippen LogP contribution in [0.5, 0.6) is 0 Å². The first-order valence-electron chi connectivity index (χ1n) is 10.9. The second-order valence-corrected chi connectivity index (χ2v) is 9.90. The Balaban J connectivity index is 1.46. The molecule has 0 aromatic rings. The van der Waals surface area contributed by atoms with Gasteiger partial charge in [-0.25, -0.2) is 0 Å². The van der Waals surface area contributed by atoms with E-state index >= 15 is 0 Å². The number of carbonyl (C=O) groups is 3. The molecule has 5 nitrogen and oxygen atoms in total. The van der Waals surface area contributed by atoms with Crippen molar-refractivity contribution in [2.75, 3.05) is 0 Å². The molecule has 3 saturated carbocycles. The van der Waals surface area contributed by atoms with Crippen LogP contribution in [-0.4, -0.2) is 23.8 Å². The van der Waals surface area contributed by atoms with Crippen molar-refractivity contribution in [2.45, 2.75) is 84.2 Å². The van der Waals surface area contributed by atoms with Gasteiger partial charge in [0.05, 0.1) is 6.42 Å². The molecule has 5 heteroatoms. The molecular formula is C23H31O5-. The molecule has 154 valence electrons. The highest BCUT2D eigenvalue weighted by Gasteiger charge is 2.58. The van der Waals surface area contributed by atoms with Crippen LogP contribution in [0.1, 0.15) is 78.1 Å². The molecule has 0 amide bonds. The van der Waals surface area contributed by atoms with Crippen molar-refractivity contribution in [3.8, 4) is 0 Å². The van der Waals surface area contributed by atoms with E-state index in [0.717, 1.165) is 51.4 Å². The third kappa shape index (κ3) is 3.11. The van der Waals surface area contributed by atoms with E-state index < -0.39 is 11.9 Å². The zero-order valence-corrected chi connectivity index (χ0v) is 17.0. The summed E-state index contributed by atoms with van der Waals surface area (Å²) in [5.74, 6) is 0.554. The number of fused-ring (bicyclic) bond motifs is 5. The number of hydrogen-bond donors (Lipinski definition) is 0. The lowest BCUT2D eigenvalue weighted by molar-refractivity contribution is -0.305. The van der Waals surface area contributed by atoms with Gasteiger partial charge in [-0.3, -0.25) is 9.59 Å². The molecule has 0 N–H and O–H groups in total. The molecule has 0 radical (unpaired) electrons. The fourth-order valence-corrected chi connectivity index (χ4v) is 6.95. The van der Waals surface area contributed by atoms with Crippen molar-refractivity contribution in [3.63, 3.8) is 0 Å². The maximum atomic E-state index is 12.5. The summed E-state index contributed by atoms with van der Waals surface area (Å²) < 4.78 is 5.56. The number of hydrogen-bond acceptors (Lipinski definition) is 5. The van der Waals surface area contributed by atoms with Crippen molar-refractivity contribution < 1.29 is 24.2 Å². The van der Waals surface area contributed by atoms with E-state index in [0.29, 0.717) is 23.5 Å². The molecule has 6 atom stereocenters. The van der Waals surface area contributed by atoms with Crippen molar-refractivity contribution in [1.82, 2.24) is 0 Å². The topological polar surface area (TPSA) is 83.5 Å². The zero-order valence-electron chi connectivity index (χ0n) is 17.0. The van der Waals surface area contributed by atoms with Crippen LogP contribution in [-0.2, 0) is 19.1 Å². The Morgan fingerprint density at radius 2 is 1.82 bits per heavy atom. The number of aliphatic carboxylic acids is 1. The van der Waals surface area contributed by atoms with Crippen molar-refractivity contribution >= 4 is 17.7 Å². The summed E-state index contributed by atoms with van der Waals surface area (Å²) in [5.41, 5.74) is 1.45. The maximum Gasteiger partial charge on any atom is 0.306 e. The summed E-state index contributed by atoms with van der Waals surface area (Å²) in [7, 11) is 0. The Morgan fingerprint density at radius 1 is 1.11 bits per heavy atom. The molecule has 0 unspecified atom stereocenters. The Labute approximate surface area is 166 Å². The summed E-state index contributed by atoms with van der Waals surface area (Å²) in [6.45, 7) is 4.58. The number of allylic oxidation sites excluding steroid dienone is 1. The lowest BCUT2D eigenvalue weighted by atomic mass is 9.48. The monoisotopic (exact) mass is 387 g/mol. The molecule has 0 spiro atoms. The molecular weight excluding hydrogens is 356 g/mol. The Morgan fingerprint density at radius 3 is 2.57 bits per heavy atom. The lowest BCUT2D eigenvalue weighted by Crippen LogP contribution is -2.50. The summed E-state index contributed by atoms with van der Waals surface area (Å²) in [5, 5.41) is 10.5. The van der Waals surface area contributed by atoms with Gasteiger partial charge in [-0.1, -0.05) is 25.5 Å². The van der Waals surface area contributed by atoms with E-state index in [-0.39, 0.29) is 29.8 Å². The first-order valence-corrected chi connectivity index (χ1v) is 10.9. The molecule has 0 aromatic heterocycles. The van der Waals surface area contributed by atoms with E-state index in [1.165, 1.54) is 5.57 Å². The van der Waals surface area contributed by atoms with Crippen LogP contribution in [0.25, 0.3) is 0 Å². The van der Waals surface area contributed by atoms with Crippen molar-refractivity contribution in [2.24, 2.45) is 28.6 Å². The van der Waals surface area contributed by atoms with E-state index in [1.807, 2.05) is 0 Å². The number of ketones is 1. The summed E-state index contributed by atoms with van der Waals surface area (Å²) in [6.07, 6.45) is 9.38. The lowest BCUT2D eigenvalue weighted by Gasteiger charge is -2.56. The normalized spacial score (nSPS) is 42.1. The number of carbonyl (C=O) groups excluding carboxylic acids is 3. The highest BCUT2D eigenvalue weighted by molar-refractivity contribution is 5.87. The largest absolute Gasteiger partial charge is 0.550 e. The zero-order chi connectivity index (χ0) is 20.1.